The Morgan fingerprint density at radius 3 is 2.96 bits per heavy atom. The Hall–Kier alpha value is -3.87. The van der Waals surface area contributed by atoms with Crippen molar-refractivity contribution in [2.75, 3.05) is 12.4 Å². The molecule has 3 aromatic heterocycles. The lowest BCUT2D eigenvalue weighted by molar-refractivity contribution is 0.417. The van der Waals surface area contributed by atoms with Crippen molar-refractivity contribution in [2.45, 2.75) is 6.42 Å². The molecule has 138 valence electrons. The summed E-state index contributed by atoms with van der Waals surface area (Å²) in [5.41, 5.74) is 4.30. The number of anilines is 2. The largest absolute Gasteiger partial charge is 0.495 e. The van der Waals surface area contributed by atoms with Crippen molar-refractivity contribution < 1.29 is 9.15 Å². The van der Waals surface area contributed by atoms with Crippen LogP contribution in [0.15, 0.2) is 65.6 Å². The summed E-state index contributed by atoms with van der Waals surface area (Å²) >= 11 is 0. The second-order valence-corrected chi connectivity index (χ2v) is 6.33. The number of nitrogens with one attached hydrogen (secondary N) is 2. The zero-order valence-electron chi connectivity index (χ0n) is 15.1. The maximum atomic E-state index is 5.53. The van der Waals surface area contributed by atoms with Crippen LogP contribution in [0, 0.1) is 0 Å². The number of aromatic amines is 1. The number of allylic oxidation sites excluding steroid dienone is 4. The van der Waals surface area contributed by atoms with E-state index in [2.05, 4.69) is 43.7 Å². The minimum absolute atomic E-state index is 0.606. The van der Waals surface area contributed by atoms with Crippen molar-refractivity contribution >= 4 is 28.1 Å². The zero-order valence-corrected chi connectivity index (χ0v) is 15.1. The van der Waals surface area contributed by atoms with E-state index >= 15 is 0 Å². The van der Waals surface area contributed by atoms with Gasteiger partial charge in [-0.05, 0) is 42.3 Å². The van der Waals surface area contributed by atoms with Gasteiger partial charge in [-0.15, -0.1) is 0 Å². The monoisotopic (exact) mass is 371 g/mol. The summed E-state index contributed by atoms with van der Waals surface area (Å²) in [5, 5.41) is 11.6. The quantitative estimate of drug-likeness (QED) is 0.528. The number of benzene rings is 1. The number of aromatic nitrogens is 4. The molecule has 0 saturated carbocycles. The van der Waals surface area contributed by atoms with Gasteiger partial charge in [0.05, 0.1) is 30.1 Å². The number of fused-ring (bicyclic) bond motifs is 1. The van der Waals surface area contributed by atoms with Crippen molar-refractivity contribution in [1.29, 1.82) is 0 Å². The highest BCUT2D eigenvalue weighted by Gasteiger charge is 2.17. The normalized spacial score (nSPS) is 13.1. The number of hydrogen-bond donors (Lipinski definition) is 2. The molecule has 4 aromatic rings. The van der Waals surface area contributed by atoms with Gasteiger partial charge < -0.3 is 14.5 Å². The molecule has 0 atom stereocenters. The van der Waals surface area contributed by atoms with Crippen molar-refractivity contribution in [3.63, 3.8) is 0 Å². The van der Waals surface area contributed by atoms with Crippen molar-refractivity contribution in [2.24, 2.45) is 0 Å². The Kier molecular flexibility index (Phi) is 3.90. The number of furan rings is 1. The highest BCUT2D eigenvalue weighted by atomic mass is 16.5. The molecule has 1 aromatic carbocycles. The second-order valence-electron chi connectivity index (χ2n) is 6.33. The summed E-state index contributed by atoms with van der Waals surface area (Å²) in [6, 6.07) is 9.61. The van der Waals surface area contributed by atoms with E-state index in [0.717, 1.165) is 40.1 Å². The molecule has 0 saturated heterocycles. The van der Waals surface area contributed by atoms with Crippen LogP contribution >= 0.6 is 0 Å². The molecule has 2 N–H and O–H groups in total. The average Bonchev–Trinajstić information content (AvgIpc) is 3.49. The Balaban J connectivity index is 1.61. The van der Waals surface area contributed by atoms with Gasteiger partial charge in [0.2, 0.25) is 0 Å². The van der Waals surface area contributed by atoms with Gasteiger partial charge >= 0.3 is 0 Å². The van der Waals surface area contributed by atoms with Gasteiger partial charge in [-0.25, -0.2) is 9.97 Å². The number of rotatable bonds is 5. The minimum Gasteiger partial charge on any atom is -0.495 e. The van der Waals surface area contributed by atoms with Crippen LogP contribution in [0.25, 0.3) is 27.9 Å². The molecular weight excluding hydrogens is 354 g/mol. The van der Waals surface area contributed by atoms with Crippen molar-refractivity contribution in [3.8, 4) is 17.1 Å². The van der Waals surface area contributed by atoms with E-state index in [1.807, 2.05) is 30.3 Å². The SMILES string of the molecule is COc1ccc(-c2ccco2)cc1Nc1ncnc2n[nH]c(C3=CCC=C3)c12. The molecule has 1 aliphatic carbocycles. The first-order valence-corrected chi connectivity index (χ1v) is 8.88. The first kappa shape index (κ1) is 16.3. The molecule has 0 unspecified atom stereocenters. The van der Waals surface area contributed by atoms with E-state index in [1.54, 1.807) is 13.4 Å². The predicted molar refractivity (Wildman–Crippen MR) is 107 cm³/mol. The summed E-state index contributed by atoms with van der Waals surface area (Å²) in [7, 11) is 1.64. The average molecular weight is 371 g/mol. The van der Waals surface area contributed by atoms with Crippen molar-refractivity contribution in [1.82, 2.24) is 20.2 Å². The van der Waals surface area contributed by atoms with Gasteiger partial charge in [-0.2, -0.15) is 5.10 Å². The molecule has 0 aliphatic heterocycles. The van der Waals surface area contributed by atoms with Crippen LogP contribution in [0.5, 0.6) is 5.75 Å². The fourth-order valence-corrected chi connectivity index (χ4v) is 3.33. The molecule has 0 amide bonds. The van der Waals surface area contributed by atoms with E-state index < -0.39 is 0 Å². The highest BCUT2D eigenvalue weighted by molar-refractivity contribution is 5.99. The van der Waals surface area contributed by atoms with E-state index in [-0.39, 0.29) is 0 Å². The summed E-state index contributed by atoms with van der Waals surface area (Å²) in [6.07, 6.45) is 10.4. The standard InChI is InChI=1S/C21H17N5O2/c1-27-17-9-8-14(16-7-4-10-28-16)11-15(17)24-20-18-19(13-5-2-3-6-13)25-26-21(18)23-12-22-20/h2,4-12H,3H2,1H3,(H2,22,23,24,25,26). The Bertz CT molecular complexity index is 1210. The summed E-state index contributed by atoms with van der Waals surface area (Å²) in [4.78, 5) is 8.75. The van der Waals surface area contributed by atoms with Gasteiger partial charge in [0.1, 0.15) is 23.7 Å². The smallest absolute Gasteiger partial charge is 0.186 e. The molecule has 28 heavy (non-hydrogen) atoms. The van der Waals surface area contributed by atoms with Gasteiger partial charge in [-0.1, -0.05) is 18.2 Å². The Morgan fingerprint density at radius 1 is 1.21 bits per heavy atom. The fourth-order valence-electron chi connectivity index (χ4n) is 3.33. The topological polar surface area (TPSA) is 88.9 Å². The lowest BCUT2D eigenvalue weighted by Crippen LogP contribution is -1.99. The predicted octanol–water partition coefficient (Wildman–Crippen LogP) is 4.71. The summed E-state index contributed by atoms with van der Waals surface area (Å²) in [5.74, 6) is 2.14. The lowest BCUT2D eigenvalue weighted by Gasteiger charge is -2.13. The number of methoxy groups -OCH3 is 1. The van der Waals surface area contributed by atoms with Gasteiger partial charge in [0.25, 0.3) is 0 Å². The maximum absolute atomic E-state index is 5.53. The van der Waals surface area contributed by atoms with Crippen LogP contribution in [-0.4, -0.2) is 27.3 Å². The molecule has 7 nitrogen and oxygen atoms in total. The third-order valence-corrected chi connectivity index (χ3v) is 4.67. The van der Waals surface area contributed by atoms with Gasteiger partial charge in [0, 0.05) is 5.56 Å². The molecular formula is C21H17N5O2. The molecule has 7 heteroatoms. The zero-order chi connectivity index (χ0) is 18.9. The van der Waals surface area contributed by atoms with Gasteiger partial charge in [0.15, 0.2) is 5.65 Å². The van der Waals surface area contributed by atoms with Gasteiger partial charge in [-0.3, -0.25) is 5.10 Å². The first-order valence-electron chi connectivity index (χ1n) is 8.88. The Morgan fingerprint density at radius 2 is 2.18 bits per heavy atom. The van der Waals surface area contributed by atoms with Crippen LogP contribution in [0.4, 0.5) is 11.5 Å². The summed E-state index contributed by atoms with van der Waals surface area (Å²) < 4.78 is 11.0. The first-order chi connectivity index (χ1) is 13.8. The number of hydrogen-bond acceptors (Lipinski definition) is 6. The van der Waals surface area contributed by atoms with Crippen LogP contribution < -0.4 is 10.1 Å². The van der Waals surface area contributed by atoms with Crippen molar-refractivity contribution in [3.05, 3.63) is 66.8 Å². The molecule has 3 heterocycles. The third kappa shape index (κ3) is 2.73. The number of nitrogens with zero attached hydrogens (tertiary/aromatic N) is 3. The van der Waals surface area contributed by atoms with E-state index in [9.17, 15) is 0 Å². The van der Waals surface area contributed by atoms with Crippen LogP contribution in [0.2, 0.25) is 0 Å². The number of ether oxygens (including phenoxy) is 1. The molecule has 0 radical (unpaired) electrons. The second kappa shape index (κ2) is 6.70. The lowest BCUT2D eigenvalue weighted by atomic mass is 10.1. The highest BCUT2D eigenvalue weighted by Crippen LogP contribution is 2.36. The van der Waals surface area contributed by atoms with Crippen LogP contribution in [-0.2, 0) is 0 Å². The molecule has 0 fully saturated rings. The molecule has 5 rings (SSSR count). The Labute approximate surface area is 160 Å². The molecule has 0 spiro atoms. The van der Waals surface area contributed by atoms with Crippen LogP contribution in [0.1, 0.15) is 12.1 Å². The molecule has 0 bridgehead atoms. The number of H-pyrrole nitrogens is 1. The fraction of sp³-hybridized carbons (Fsp3) is 0.0952. The minimum atomic E-state index is 0.606. The van der Waals surface area contributed by atoms with E-state index in [0.29, 0.717) is 17.2 Å². The van der Waals surface area contributed by atoms with E-state index in [4.69, 9.17) is 9.15 Å². The van der Waals surface area contributed by atoms with Crippen LogP contribution in [0.3, 0.4) is 0 Å². The summed E-state index contributed by atoms with van der Waals surface area (Å²) in [6.45, 7) is 0. The van der Waals surface area contributed by atoms with E-state index in [1.165, 1.54) is 6.33 Å². The maximum Gasteiger partial charge on any atom is 0.186 e. The third-order valence-electron chi connectivity index (χ3n) is 4.67. The molecule has 1 aliphatic rings.